The van der Waals surface area contributed by atoms with Crippen LogP contribution in [0.3, 0.4) is 0 Å². The molecule has 106 valence electrons. The molecule has 0 saturated heterocycles. The summed E-state index contributed by atoms with van der Waals surface area (Å²) in [4.78, 5) is 8.56. The lowest BCUT2D eigenvalue weighted by molar-refractivity contribution is 0.137. The number of hydrogen-bond acceptors (Lipinski definition) is 2. The standard InChI is InChI=1S/C15H16O.CH2O3/c1-2-14-10-6-7-11-15(14)16-12-13-8-4-3-5-9-13;2-1(3)4/h3-11H,2,12H2,1H3;(H2,2,3,4). The molecular weight excluding hydrogens is 256 g/mol. The first-order valence-electron chi connectivity index (χ1n) is 6.30. The monoisotopic (exact) mass is 274 g/mol. The van der Waals surface area contributed by atoms with Crippen LogP contribution in [-0.4, -0.2) is 16.4 Å². The summed E-state index contributed by atoms with van der Waals surface area (Å²) in [5.74, 6) is 0.994. The van der Waals surface area contributed by atoms with E-state index in [2.05, 4.69) is 25.1 Å². The Morgan fingerprint density at radius 3 is 2.15 bits per heavy atom. The summed E-state index contributed by atoms with van der Waals surface area (Å²) < 4.78 is 5.81. The highest BCUT2D eigenvalue weighted by molar-refractivity contribution is 5.53. The van der Waals surface area contributed by atoms with Crippen LogP contribution in [0.25, 0.3) is 0 Å². The van der Waals surface area contributed by atoms with Gasteiger partial charge in [-0.15, -0.1) is 0 Å². The second-order valence-electron chi connectivity index (χ2n) is 4.02. The first kappa shape index (κ1) is 15.6. The lowest BCUT2D eigenvalue weighted by atomic mass is 10.1. The number of rotatable bonds is 4. The zero-order valence-electron chi connectivity index (χ0n) is 11.3. The van der Waals surface area contributed by atoms with Gasteiger partial charge in [0, 0.05) is 0 Å². The molecule has 0 spiro atoms. The molecule has 0 bridgehead atoms. The normalized spacial score (nSPS) is 9.25. The first-order chi connectivity index (χ1) is 9.63. The molecule has 0 aliphatic heterocycles. The molecule has 2 aromatic carbocycles. The van der Waals surface area contributed by atoms with Gasteiger partial charge in [-0.3, -0.25) is 0 Å². The predicted octanol–water partition coefficient (Wildman–Crippen LogP) is 4.05. The Labute approximate surface area is 118 Å². The van der Waals surface area contributed by atoms with Gasteiger partial charge in [0.1, 0.15) is 12.4 Å². The zero-order valence-corrected chi connectivity index (χ0v) is 11.3. The summed E-state index contributed by atoms with van der Waals surface area (Å²) in [6.45, 7) is 2.78. The Balaban J connectivity index is 0.000000444. The molecule has 2 rings (SSSR count). The number of carboxylic acid groups (broad SMARTS) is 2. The molecule has 0 radical (unpaired) electrons. The number of aryl methyl sites for hydroxylation is 1. The lowest BCUT2D eigenvalue weighted by Gasteiger charge is -2.09. The average Bonchev–Trinajstić information content (AvgIpc) is 2.46. The minimum atomic E-state index is -1.83. The van der Waals surface area contributed by atoms with Gasteiger partial charge in [-0.05, 0) is 23.6 Å². The van der Waals surface area contributed by atoms with Crippen LogP contribution in [0.5, 0.6) is 5.75 Å². The summed E-state index contributed by atoms with van der Waals surface area (Å²) in [7, 11) is 0. The van der Waals surface area contributed by atoms with Crippen molar-refractivity contribution >= 4 is 6.16 Å². The van der Waals surface area contributed by atoms with Crippen molar-refractivity contribution in [3.8, 4) is 5.75 Å². The van der Waals surface area contributed by atoms with Crippen molar-refractivity contribution < 1.29 is 19.7 Å². The van der Waals surface area contributed by atoms with Gasteiger partial charge in [0.2, 0.25) is 0 Å². The number of ether oxygens (including phenoxy) is 1. The maximum Gasteiger partial charge on any atom is 0.503 e. The summed E-state index contributed by atoms with van der Waals surface area (Å²) in [6, 6.07) is 18.4. The van der Waals surface area contributed by atoms with E-state index in [1.54, 1.807) is 0 Å². The number of carbonyl (C=O) groups is 1. The van der Waals surface area contributed by atoms with Crippen molar-refractivity contribution in [3.63, 3.8) is 0 Å². The predicted molar refractivity (Wildman–Crippen MR) is 77.2 cm³/mol. The van der Waals surface area contributed by atoms with Crippen LogP contribution >= 0.6 is 0 Å². The molecule has 2 aromatic rings. The SMILES string of the molecule is CCc1ccccc1OCc1ccccc1.O=C(O)O. The van der Waals surface area contributed by atoms with E-state index in [1.807, 2.05) is 36.4 Å². The third-order valence-corrected chi connectivity index (χ3v) is 2.59. The fraction of sp³-hybridized carbons (Fsp3) is 0.188. The lowest BCUT2D eigenvalue weighted by Crippen LogP contribution is -1.97. The molecule has 0 aliphatic rings. The van der Waals surface area contributed by atoms with Crippen LogP contribution in [0.15, 0.2) is 54.6 Å². The van der Waals surface area contributed by atoms with Gasteiger partial charge >= 0.3 is 6.16 Å². The Bertz CT molecular complexity index is 519. The highest BCUT2D eigenvalue weighted by Crippen LogP contribution is 2.19. The molecule has 4 nitrogen and oxygen atoms in total. The molecule has 0 amide bonds. The van der Waals surface area contributed by atoms with E-state index in [9.17, 15) is 0 Å². The van der Waals surface area contributed by atoms with E-state index < -0.39 is 6.16 Å². The van der Waals surface area contributed by atoms with E-state index in [4.69, 9.17) is 19.7 Å². The van der Waals surface area contributed by atoms with Crippen molar-refractivity contribution in [3.05, 3.63) is 65.7 Å². The van der Waals surface area contributed by atoms with E-state index in [0.29, 0.717) is 6.61 Å². The molecule has 0 aromatic heterocycles. The Morgan fingerprint density at radius 2 is 1.55 bits per heavy atom. The van der Waals surface area contributed by atoms with Gasteiger partial charge in [-0.25, -0.2) is 4.79 Å². The van der Waals surface area contributed by atoms with E-state index in [-0.39, 0.29) is 0 Å². The van der Waals surface area contributed by atoms with Crippen LogP contribution in [0.1, 0.15) is 18.1 Å². The highest BCUT2D eigenvalue weighted by atomic mass is 16.6. The molecule has 2 N–H and O–H groups in total. The minimum absolute atomic E-state index is 0.637. The maximum absolute atomic E-state index is 8.56. The zero-order chi connectivity index (χ0) is 14.8. The molecule has 20 heavy (non-hydrogen) atoms. The second-order valence-corrected chi connectivity index (χ2v) is 4.02. The van der Waals surface area contributed by atoms with Gasteiger partial charge in [0.15, 0.2) is 0 Å². The van der Waals surface area contributed by atoms with Crippen molar-refractivity contribution in [2.45, 2.75) is 20.0 Å². The smallest absolute Gasteiger partial charge is 0.489 e. The Morgan fingerprint density at radius 1 is 1.00 bits per heavy atom. The third-order valence-electron chi connectivity index (χ3n) is 2.59. The van der Waals surface area contributed by atoms with E-state index >= 15 is 0 Å². The van der Waals surface area contributed by atoms with Gasteiger partial charge in [-0.2, -0.15) is 0 Å². The maximum atomic E-state index is 8.56. The summed E-state index contributed by atoms with van der Waals surface area (Å²) in [5, 5.41) is 13.9. The Kier molecular flexibility index (Phi) is 6.68. The van der Waals surface area contributed by atoms with Gasteiger partial charge in [0.05, 0.1) is 0 Å². The average molecular weight is 274 g/mol. The van der Waals surface area contributed by atoms with Gasteiger partial charge in [0.25, 0.3) is 0 Å². The molecule has 0 aliphatic carbocycles. The summed E-state index contributed by atoms with van der Waals surface area (Å²) in [6.07, 6.45) is -0.828. The van der Waals surface area contributed by atoms with Crippen LogP contribution < -0.4 is 4.74 Å². The van der Waals surface area contributed by atoms with Gasteiger partial charge in [-0.1, -0.05) is 55.5 Å². The third kappa shape index (κ3) is 5.91. The number of para-hydroxylation sites is 1. The molecular formula is C16H18O4. The molecule has 0 fully saturated rings. The minimum Gasteiger partial charge on any atom is -0.489 e. The molecule has 0 heterocycles. The van der Waals surface area contributed by atoms with Crippen molar-refractivity contribution in [1.82, 2.24) is 0 Å². The highest BCUT2D eigenvalue weighted by Gasteiger charge is 2.00. The van der Waals surface area contributed by atoms with Crippen molar-refractivity contribution in [2.24, 2.45) is 0 Å². The van der Waals surface area contributed by atoms with Crippen LogP contribution in [0, 0.1) is 0 Å². The van der Waals surface area contributed by atoms with Gasteiger partial charge < -0.3 is 14.9 Å². The number of hydrogen-bond donors (Lipinski definition) is 2. The van der Waals surface area contributed by atoms with Crippen LogP contribution in [0.4, 0.5) is 4.79 Å². The fourth-order valence-corrected chi connectivity index (χ4v) is 1.67. The van der Waals surface area contributed by atoms with Crippen molar-refractivity contribution in [2.75, 3.05) is 0 Å². The summed E-state index contributed by atoms with van der Waals surface area (Å²) >= 11 is 0. The quantitative estimate of drug-likeness (QED) is 0.882. The Hall–Kier alpha value is -2.49. The molecule has 4 heteroatoms. The van der Waals surface area contributed by atoms with Crippen LogP contribution in [0.2, 0.25) is 0 Å². The van der Waals surface area contributed by atoms with Crippen LogP contribution in [-0.2, 0) is 13.0 Å². The fourth-order valence-electron chi connectivity index (χ4n) is 1.67. The summed E-state index contributed by atoms with van der Waals surface area (Å²) in [5.41, 5.74) is 2.46. The first-order valence-corrected chi connectivity index (χ1v) is 6.30. The molecule has 0 atom stereocenters. The van der Waals surface area contributed by atoms with E-state index in [0.717, 1.165) is 12.2 Å². The second kappa shape index (κ2) is 8.58. The topological polar surface area (TPSA) is 66.8 Å². The molecule has 0 unspecified atom stereocenters. The number of benzene rings is 2. The molecule has 0 saturated carbocycles. The van der Waals surface area contributed by atoms with Crippen molar-refractivity contribution in [1.29, 1.82) is 0 Å². The largest absolute Gasteiger partial charge is 0.503 e. The van der Waals surface area contributed by atoms with E-state index in [1.165, 1.54) is 11.1 Å².